The molecule has 1 atom stereocenters. The fourth-order valence-corrected chi connectivity index (χ4v) is 4.52. The molecular weight excluding hydrogens is 332 g/mol. The molecule has 0 radical (unpaired) electrons. The molecule has 6 nitrogen and oxygen atoms in total. The Bertz CT molecular complexity index is 721. The number of sulfone groups is 1. The average molecular weight is 352 g/mol. The van der Waals surface area contributed by atoms with Crippen molar-refractivity contribution >= 4 is 15.8 Å². The molecule has 24 heavy (non-hydrogen) atoms. The number of ether oxygens (including phenoxy) is 2. The van der Waals surface area contributed by atoms with E-state index in [2.05, 4.69) is 11.8 Å². The van der Waals surface area contributed by atoms with Crippen molar-refractivity contribution in [1.82, 2.24) is 0 Å². The first kappa shape index (κ1) is 18.3. The SMILES string of the molecule is CC#CCOc1ccc(S(=O)(=O)C(C(=O)O)C2CCOCC2)cc1. The van der Waals surface area contributed by atoms with E-state index < -0.39 is 27.0 Å². The predicted molar refractivity (Wildman–Crippen MR) is 87.5 cm³/mol. The first-order chi connectivity index (χ1) is 11.5. The summed E-state index contributed by atoms with van der Waals surface area (Å²) >= 11 is 0. The third-order valence-corrected chi connectivity index (χ3v) is 6.10. The van der Waals surface area contributed by atoms with Gasteiger partial charge in [-0.2, -0.15) is 0 Å². The van der Waals surface area contributed by atoms with Gasteiger partial charge in [-0.25, -0.2) is 8.42 Å². The van der Waals surface area contributed by atoms with Gasteiger partial charge in [0.05, 0.1) is 4.90 Å². The minimum absolute atomic E-state index is 0.0182. The number of aliphatic carboxylic acids is 1. The summed E-state index contributed by atoms with van der Waals surface area (Å²) in [6.45, 7) is 2.67. The monoisotopic (exact) mass is 352 g/mol. The van der Waals surface area contributed by atoms with Gasteiger partial charge in [0.15, 0.2) is 15.1 Å². The van der Waals surface area contributed by atoms with Gasteiger partial charge in [-0.3, -0.25) is 4.79 Å². The van der Waals surface area contributed by atoms with Crippen molar-refractivity contribution in [3.63, 3.8) is 0 Å². The Morgan fingerprint density at radius 1 is 1.33 bits per heavy atom. The van der Waals surface area contributed by atoms with Crippen molar-refractivity contribution in [1.29, 1.82) is 0 Å². The van der Waals surface area contributed by atoms with E-state index in [1.807, 2.05) is 0 Å². The number of carboxylic acid groups (broad SMARTS) is 1. The molecule has 130 valence electrons. The molecule has 1 unspecified atom stereocenters. The third-order valence-electron chi connectivity index (χ3n) is 3.91. The maximum atomic E-state index is 12.8. The Morgan fingerprint density at radius 2 is 1.96 bits per heavy atom. The highest BCUT2D eigenvalue weighted by molar-refractivity contribution is 7.92. The number of rotatable bonds is 6. The second kappa shape index (κ2) is 8.18. The molecule has 1 heterocycles. The summed E-state index contributed by atoms with van der Waals surface area (Å²) in [6.07, 6.45) is 0.847. The standard InChI is InChI=1S/C17H20O6S/c1-2-3-10-23-14-4-6-15(7-5-14)24(20,21)16(17(18)19)13-8-11-22-12-9-13/h4-7,13,16H,8-12H2,1H3,(H,18,19). The molecule has 1 saturated heterocycles. The molecule has 0 bridgehead atoms. The third kappa shape index (κ3) is 4.28. The molecule has 1 aliphatic heterocycles. The molecule has 0 aliphatic carbocycles. The van der Waals surface area contributed by atoms with Gasteiger partial charge >= 0.3 is 5.97 Å². The summed E-state index contributed by atoms with van der Waals surface area (Å²) in [7, 11) is -3.98. The molecule has 0 aromatic heterocycles. The maximum Gasteiger partial charge on any atom is 0.322 e. The fraction of sp³-hybridized carbons (Fsp3) is 0.471. The Balaban J connectivity index is 2.22. The molecule has 7 heteroatoms. The molecule has 2 rings (SSSR count). The topological polar surface area (TPSA) is 89.9 Å². The van der Waals surface area contributed by atoms with Crippen molar-refractivity contribution in [3.8, 4) is 17.6 Å². The van der Waals surface area contributed by atoms with Gasteiger partial charge in [0.25, 0.3) is 0 Å². The van der Waals surface area contributed by atoms with E-state index in [1.165, 1.54) is 24.3 Å². The number of hydrogen-bond donors (Lipinski definition) is 1. The number of benzene rings is 1. The van der Waals surface area contributed by atoms with E-state index in [-0.39, 0.29) is 11.5 Å². The van der Waals surface area contributed by atoms with E-state index in [4.69, 9.17) is 9.47 Å². The molecule has 1 aliphatic rings. The summed E-state index contributed by atoms with van der Waals surface area (Å²) in [4.78, 5) is 11.6. The van der Waals surface area contributed by atoms with E-state index in [0.717, 1.165) is 0 Å². The Labute approximate surface area is 141 Å². The predicted octanol–water partition coefficient (Wildman–Crippen LogP) is 1.74. The number of hydrogen-bond acceptors (Lipinski definition) is 5. The average Bonchev–Trinajstić information content (AvgIpc) is 2.56. The normalized spacial score (nSPS) is 16.7. The molecule has 0 saturated carbocycles. The van der Waals surface area contributed by atoms with Crippen LogP contribution in [0.1, 0.15) is 19.8 Å². The van der Waals surface area contributed by atoms with Crippen LogP contribution in [0.3, 0.4) is 0 Å². The molecule has 1 aromatic rings. The van der Waals surface area contributed by atoms with Gasteiger partial charge < -0.3 is 14.6 Å². The second-order valence-corrected chi connectivity index (χ2v) is 7.51. The van der Waals surface area contributed by atoms with Gasteiger partial charge in [0.1, 0.15) is 12.4 Å². The van der Waals surface area contributed by atoms with Crippen LogP contribution in [-0.2, 0) is 19.4 Å². The van der Waals surface area contributed by atoms with E-state index >= 15 is 0 Å². The van der Waals surface area contributed by atoms with Crippen LogP contribution in [0, 0.1) is 17.8 Å². The zero-order valence-electron chi connectivity index (χ0n) is 13.4. The summed E-state index contributed by atoms with van der Waals surface area (Å²) in [5, 5.41) is 8.00. The van der Waals surface area contributed by atoms with Crippen molar-refractivity contribution in [2.75, 3.05) is 19.8 Å². The van der Waals surface area contributed by atoms with Gasteiger partial charge in [0, 0.05) is 13.2 Å². The van der Waals surface area contributed by atoms with E-state index in [1.54, 1.807) is 6.92 Å². The van der Waals surface area contributed by atoms with Gasteiger partial charge in [-0.05, 0) is 49.9 Å². The van der Waals surface area contributed by atoms with Crippen LogP contribution < -0.4 is 4.74 Å². The summed E-state index contributed by atoms with van der Waals surface area (Å²) < 4.78 is 36.1. The van der Waals surface area contributed by atoms with Crippen molar-refractivity contribution in [2.24, 2.45) is 5.92 Å². The Kier molecular flexibility index (Phi) is 6.23. The first-order valence-electron chi connectivity index (χ1n) is 7.63. The number of carboxylic acids is 1. The zero-order chi connectivity index (χ0) is 17.6. The molecule has 1 aromatic carbocycles. The lowest BCUT2D eigenvalue weighted by atomic mass is 9.96. The highest BCUT2D eigenvalue weighted by Gasteiger charge is 2.41. The van der Waals surface area contributed by atoms with Crippen molar-refractivity contribution < 1.29 is 27.8 Å². The van der Waals surface area contributed by atoms with E-state index in [9.17, 15) is 18.3 Å². The van der Waals surface area contributed by atoms with Crippen LogP contribution >= 0.6 is 0 Å². The minimum Gasteiger partial charge on any atom is -0.481 e. The summed E-state index contributed by atoms with van der Waals surface area (Å²) in [5.74, 6) is 4.14. The zero-order valence-corrected chi connectivity index (χ0v) is 14.2. The molecule has 1 N–H and O–H groups in total. The van der Waals surface area contributed by atoms with Crippen LogP contribution in [0.5, 0.6) is 5.75 Å². The highest BCUT2D eigenvalue weighted by atomic mass is 32.2. The van der Waals surface area contributed by atoms with Crippen molar-refractivity contribution in [3.05, 3.63) is 24.3 Å². The van der Waals surface area contributed by atoms with Gasteiger partial charge in [0.2, 0.25) is 0 Å². The van der Waals surface area contributed by atoms with Crippen LogP contribution in [0.25, 0.3) is 0 Å². The van der Waals surface area contributed by atoms with E-state index in [0.29, 0.717) is 31.8 Å². The quantitative estimate of drug-likeness (QED) is 0.785. The maximum absolute atomic E-state index is 12.8. The molecular formula is C17H20O6S. The largest absolute Gasteiger partial charge is 0.481 e. The fourth-order valence-electron chi connectivity index (χ4n) is 2.67. The van der Waals surface area contributed by atoms with Crippen molar-refractivity contribution in [2.45, 2.75) is 29.9 Å². The Hall–Kier alpha value is -2.04. The second-order valence-electron chi connectivity index (χ2n) is 5.44. The van der Waals surface area contributed by atoms with Crippen LogP contribution in [0.4, 0.5) is 0 Å². The molecule has 0 amide bonds. The van der Waals surface area contributed by atoms with Gasteiger partial charge in [-0.15, -0.1) is 5.92 Å². The van der Waals surface area contributed by atoms with Gasteiger partial charge in [-0.1, -0.05) is 5.92 Å². The smallest absolute Gasteiger partial charge is 0.322 e. The summed E-state index contributed by atoms with van der Waals surface area (Å²) in [6, 6.07) is 5.76. The lowest BCUT2D eigenvalue weighted by Crippen LogP contribution is -2.40. The minimum atomic E-state index is -3.98. The highest BCUT2D eigenvalue weighted by Crippen LogP contribution is 2.29. The summed E-state index contributed by atoms with van der Waals surface area (Å²) in [5.41, 5.74) is 0. The molecule has 0 spiro atoms. The lowest BCUT2D eigenvalue weighted by molar-refractivity contribution is -0.138. The van der Waals surface area contributed by atoms with Crippen LogP contribution in [0.15, 0.2) is 29.2 Å². The first-order valence-corrected chi connectivity index (χ1v) is 9.18. The number of carbonyl (C=O) groups is 1. The Morgan fingerprint density at radius 3 is 2.50 bits per heavy atom. The molecule has 1 fully saturated rings. The van der Waals surface area contributed by atoms with Crippen LogP contribution in [0.2, 0.25) is 0 Å². The van der Waals surface area contributed by atoms with Crippen LogP contribution in [-0.4, -0.2) is 44.6 Å². The lowest BCUT2D eigenvalue weighted by Gasteiger charge is -2.27.